The highest BCUT2D eigenvalue weighted by Gasteiger charge is 2.28. The van der Waals surface area contributed by atoms with E-state index < -0.39 is 18.0 Å². The zero-order chi connectivity index (χ0) is 12.3. The first-order valence-corrected chi connectivity index (χ1v) is 4.98. The molecule has 0 bridgehead atoms. The summed E-state index contributed by atoms with van der Waals surface area (Å²) in [6, 6.07) is 0.0340. The molecule has 1 unspecified atom stereocenters. The minimum Gasteiger partial charge on any atom is -0.406 e. The van der Waals surface area contributed by atoms with Crippen LogP contribution in [0.4, 0.5) is 19.2 Å². The summed E-state index contributed by atoms with van der Waals surface area (Å²) in [5, 5.41) is 6.74. The zero-order valence-electron chi connectivity index (χ0n) is 8.75. The van der Waals surface area contributed by atoms with Gasteiger partial charge in [0, 0.05) is 13.6 Å². The molecule has 0 aliphatic heterocycles. The highest BCUT2D eigenvalue weighted by atomic mass is 35.5. The quantitative estimate of drug-likeness (QED) is 0.778. The summed E-state index contributed by atoms with van der Waals surface area (Å²) in [7, 11) is 1.45. The molecule has 1 atom stereocenters. The average molecular weight is 258 g/mol. The van der Waals surface area contributed by atoms with Gasteiger partial charge in [-0.2, -0.15) is 13.2 Å². The molecular weight excluding hydrogens is 247 g/mol. The Bertz CT molecular complexity index is 340. The lowest BCUT2D eigenvalue weighted by Crippen LogP contribution is -2.24. The van der Waals surface area contributed by atoms with E-state index in [1.807, 2.05) is 0 Å². The Morgan fingerprint density at radius 1 is 1.44 bits per heavy atom. The number of rotatable bonds is 4. The van der Waals surface area contributed by atoms with Crippen LogP contribution in [0.25, 0.3) is 0 Å². The molecule has 1 aromatic rings. The van der Waals surface area contributed by atoms with Gasteiger partial charge in [-0.25, -0.2) is 0 Å². The van der Waals surface area contributed by atoms with Gasteiger partial charge in [-0.05, 0) is 6.92 Å². The highest BCUT2D eigenvalue weighted by molar-refractivity contribution is 6.20. The monoisotopic (exact) mass is 257 g/mol. The number of alkyl halides is 4. The van der Waals surface area contributed by atoms with Crippen molar-refractivity contribution in [3.05, 3.63) is 5.89 Å². The van der Waals surface area contributed by atoms with Crippen LogP contribution in [-0.2, 0) is 0 Å². The van der Waals surface area contributed by atoms with E-state index >= 15 is 0 Å². The van der Waals surface area contributed by atoms with Crippen LogP contribution >= 0.6 is 11.6 Å². The molecule has 0 saturated carbocycles. The van der Waals surface area contributed by atoms with E-state index in [1.54, 1.807) is 6.92 Å². The third-order valence-corrected chi connectivity index (χ3v) is 2.01. The first kappa shape index (κ1) is 13.1. The molecule has 0 radical (unpaired) electrons. The second-order valence-corrected chi connectivity index (χ2v) is 3.98. The fourth-order valence-electron chi connectivity index (χ4n) is 0.932. The highest BCUT2D eigenvalue weighted by Crippen LogP contribution is 2.23. The fourth-order valence-corrected chi connectivity index (χ4v) is 1.02. The van der Waals surface area contributed by atoms with Gasteiger partial charge < -0.3 is 9.32 Å². The van der Waals surface area contributed by atoms with Crippen molar-refractivity contribution in [1.29, 1.82) is 0 Å². The van der Waals surface area contributed by atoms with Gasteiger partial charge in [0.05, 0.1) is 6.42 Å². The Kier molecular flexibility index (Phi) is 4.01. The molecule has 4 nitrogen and oxygen atoms in total. The molecule has 0 amide bonds. The zero-order valence-corrected chi connectivity index (χ0v) is 9.51. The van der Waals surface area contributed by atoms with E-state index in [1.165, 1.54) is 11.9 Å². The molecule has 0 saturated heterocycles. The van der Waals surface area contributed by atoms with Crippen molar-refractivity contribution >= 4 is 17.6 Å². The second-order valence-electron chi connectivity index (χ2n) is 3.33. The van der Waals surface area contributed by atoms with Gasteiger partial charge >= 0.3 is 12.2 Å². The van der Waals surface area contributed by atoms with E-state index in [-0.39, 0.29) is 18.5 Å². The maximum Gasteiger partial charge on any atom is 0.390 e. The van der Waals surface area contributed by atoms with Crippen molar-refractivity contribution in [2.24, 2.45) is 0 Å². The van der Waals surface area contributed by atoms with Crippen LogP contribution in [0.3, 0.4) is 0 Å². The minimum atomic E-state index is -4.20. The topological polar surface area (TPSA) is 42.2 Å². The van der Waals surface area contributed by atoms with Crippen molar-refractivity contribution in [2.75, 3.05) is 18.5 Å². The van der Waals surface area contributed by atoms with Crippen LogP contribution in [-0.4, -0.2) is 30.0 Å². The third kappa shape index (κ3) is 3.88. The maximum atomic E-state index is 12.0. The third-order valence-electron chi connectivity index (χ3n) is 1.83. The Labute approximate surface area is 95.4 Å². The van der Waals surface area contributed by atoms with E-state index in [0.717, 1.165) is 0 Å². The first-order valence-electron chi connectivity index (χ1n) is 4.55. The van der Waals surface area contributed by atoms with E-state index in [9.17, 15) is 13.2 Å². The Morgan fingerprint density at radius 3 is 2.50 bits per heavy atom. The molecule has 0 aromatic carbocycles. The van der Waals surface area contributed by atoms with Gasteiger partial charge in [0.1, 0.15) is 5.38 Å². The maximum absolute atomic E-state index is 12.0. The summed E-state index contributed by atoms with van der Waals surface area (Å²) in [6.07, 6.45) is -5.13. The van der Waals surface area contributed by atoms with Gasteiger partial charge in [-0.15, -0.1) is 16.7 Å². The normalized spacial score (nSPS) is 13.9. The Balaban J connectivity index is 2.56. The SMILES string of the molecule is CC(Cl)c1nnc(N(C)CCC(F)(F)F)o1. The average Bonchev–Trinajstić information content (AvgIpc) is 2.61. The number of hydrogen-bond donors (Lipinski definition) is 0. The minimum absolute atomic E-state index is 0.0340. The summed E-state index contributed by atoms with van der Waals surface area (Å²) in [5.41, 5.74) is 0. The summed E-state index contributed by atoms with van der Waals surface area (Å²) in [6.45, 7) is 1.40. The van der Waals surface area contributed by atoms with Crippen LogP contribution < -0.4 is 4.90 Å². The lowest BCUT2D eigenvalue weighted by Gasteiger charge is -2.14. The molecule has 92 valence electrons. The van der Waals surface area contributed by atoms with Crippen LogP contribution in [0.1, 0.15) is 24.6 Å². The van der Waals surface area contributed by atoms with Crippen LogP contribution in [0.2, 0.25) is 0 Å². The molecule has 0 aliphatic rings. The Hall–Kier alpha value is -0.980. The fraction of sp³-hybridized carbons (Fsp3) is 0.750. The number of aromatic nitrogens is 2. The predicted molar refractivity (Wildman–Crippen MR) is 52.5 cm³/mol. The van der Waals surface area contributed by atoms with Gasteiger partial charge in [0.25, 0.3) is 0 Å². The largest absolute Gasteiger partial charge is 0.406 e. The van der Waals surface area contributed by atoms with E-state index in [2.05, 4.69) is 10.2 Å². The first-order chi connectivity index (χ1) is 7.29. The lowest BCUT2D eigenvalue weighted by atomic mass is 10.4. The Morgan fingerprint density at radius 2 is 2.06 bits per heavy atom. The van der Waals surface area contributed by atoms with Crippen molar-refractivity contribution < 1.29 is 17.6 Å². The van der Waals surface area contributed by atoms with Crippen molar-refractivity contribution in [1.82, 2.24) is 10.2 Å². The molecule has 0 spiro atoms. The van der Waals surface area contributed by atoms with Crippen molar-refractivity contribution in [3.63, 3.8) is 0 Å². The summed E-state index contributed by atoms with van der Waals surface area (Å²) >= 11 is 5.68. The second kappa shape index (κ2) is 4.90. The summed E-state index contributed by atoms with van der Waals surface area (Å²) in [4.78, 5) is 1.24. The molecule has 0 fully saturated rings. The molecule has 1 heterocycles. The smallest absolute Gasteiger partial charge is 0.390 e. The van der Waals surface area contributed by atoms with Gasteiger partial charge in [0.2, 0.25) is 5.89 Å². The van der Waals surface area contributed by atoms with Gasteiger partial charge in [0.15, 0.2) is 0 Å². The number of nitrogens with zero attached hydrogens (tertiary/aromatic N) is 3. The summed E-state index contributed by atoms with van der Waals surface area (Å²) in [5.74, 6) is 0.190. The van der Waals surface area contributed by atoms with Crippen LogP contribution in [0.15, 0.2) is 4.42 Å². The number of halogens is 4. The molecular formula is C8H11ClF3N3O. The van der Waals surface area contributed by atoms with Crippen molar-refractivity contribution in [2.45, 2.75) is 24.9 Å². The molecule has 0 N–H and O–H groups in total. The van der Waals surface area contributed by atoms with Gasteiger partial charge in [-0.1, -0.05) is 5.10 Å². The molecule has 16 heavy (non-hydrogen) atoms. The standard InChI is InChI=1S/C8H11ClF3N3O/c1-5(9)6-13-14-7(16-6)15(2)4-3-8(10,11)12/h5H,3-4H2,1-2H3. The predicted octanol–water partition coefficient (Wildman–Crippen LogP) is 2.76. The van der Waals surface area contributed by atoms with E-state index in [0.29, 0.717) is 0 Å². The summed E-state index contributed by atoms with van der Waals surface area (Å²) < 4.78 is 40.9. The molecule has 8 heteroatoms. The number of hydrogen-bond acceptors (Lipinski definition) is 4. The lowest BCUT2D eigenvalue weighted by molar-refractivity contribution is -0.132. The van der Waals surface area contributed by atoms with Gasteiger partial charge in [-0.3, -0.25) is 0 Å². The number of anilines is 1. The van der Waals surface area contributed by atoms with Crippen LogP contribution in [0, 0.1) is 0 Å². The molecule has 1 aromatic heterocycles. The van der Waals surface area contributed by atoms with Crippen molar-refractivity contribution in [3.8, 4) is 0 Å². The molecule has 0 aliphatic carbocycles. The van der Waals surface area contributed by atoms with E-state index in [4.69, 9.17) is 16.0 Å². The molecule has 1 rings (SSSR count). The van der Waals surface area contributed by atoms with Crippen LogP contribution in [0.5, 0.6) is 0 Å².